The number of nitrogens with zero attached hydrogens (tertiary/aromatic N) is 1. The van der Waals surface area contributed by atoms with Crippen molar-refractivity contribution in [3.63, 3.8) is 0 Å². The van der Waals surface area contributed by atoms with Gasteiger partial charge in [0.15, 0.2) is 0 Å². The van der Waals surface area contributed by atoms with Gasteiger partial charge in [-0.15, -0.1) is 0 Å². The monoisotopic (exact) mass is 319 g/mol. The summed E-state index contributed by atoms with van der Waals surface area (Å²) >= 11 is 0. The maximum absolute atomic E-state index is 12.5. The normalized spacial score (nSPS) is 11.6. The summed E-state index contributed by atoms with van der Waals surface area (Å²) in [5.41, 5.74) is 0.955. The van der Waals surface area contributed by atoms with Crippen molar-refractivity contribution in [3.8, 4) is 5.75 Å². The fourth-order valence-electron chi connectivity index (χ4n) is 2.03. The number of sulfonamides is 1. The maximum Gasteiger partial charge on any atom is 0.243 e. The first-order chi connectivity index (χ1) is 10.5. The fraction of sp³-hybridized carbons (Fsp3) is 0.294. The van der Waals surface area contributed by atoms with Gasteiger partial charge in [-0.25, -0.2) is 8.42 Å². The number of hydrogen-bond donors (Lipinski definition) is 0. The molecule has 22 heavy (non-hydrogen) atoms. The van der Waals surface area contributed by atoms with E-state index in [1.54, 1.807) is 31.3 Å². The SMILES string of the molecule is CCCOc1ccc(S(=O)(=O)N(C)Cc2ccccc2)cc1. The van der Waals surface area contributed by atoms with Crippen molar-refractivity contribution in [2.45, 2.75) is 24.8 Å². The first-order valence-corrected chi connectivity index (χ1v) is 8.71. The Hall–Kier alpha value is -1.85. The maximum atomic E-state index is 12.5. The van der Waals surface area contributed by atoms with E-state index in [0.717, 1.165) is 12.0 Å². The van der Waals surface area contributed by atoms with Crippen LogP contribution in [0.15, 0.2) is 59.5 Å². The predicted molar refractivity (Wildman–Crippen MR) is 87.3 cm³/mol. The van der Waals surface area contributed by atoms with Crippen LogP contribution in [0.3, 0.4) is 0 Å². The fourth-order valence-corrected chi connectivity index (χ4v) is 3.19. The highest BCUT2D eigenvalue weighted by atomic mass is 32.2. The van der Waals surface area contributed by atoms with Crippen LogP contribution in [0.5, 0.6) is 5.75 Å². The molecule has 0 unspecified atom stereocenters. The summed E-state index contributed by atoms with van der Waals surface area (Å²) in [5, 5.41) is 0. The van der Waals surface area contributed by atoms with E-state index in [0.29, 0.717) is 18.9 Å². The molecule has 0 bridgehead atoms. The quantitative estimate of drug-likeness (QED) is 0.786. The van der Waals surface area contributed by atoms with Crippen LogP contribution in [0.4, 0.5) is 0 Å². The molecule has 0 amide bonds. The van der Waals surface area contributed by atoms with Crippen LogP contribution in [-0.2, 0) is 16.6 Å². The average molecular weight is 319 g/mol. The molecule has 0 spiro atoms. The van der Waals surface area contributed by atoms with Crippen LogP contribution in [0.25, 0.3) is 0 Å². The van der Waals surface area contributed by atoms with Gasteiger partial charge in [-0.2, -0.15) is 4.31 Å². The van der Waals surface area contributed by atoms with Crippen LogP contribution in [0.1, 0.15) is 18.9 Å². The van der Waals surface area contributed by atoms with Crippen LogP contribution < -0.4 is 4.74 Å². The van der Waals surface area contributed by atoms with E-state index in [9.17, 15) is 8.42 Å². The lowest BCUT2D eigenvalue weighted by Crippen LogP contribution is -2.26. The Morgan fingerprint density at radius 3 is 2.23 bits per heavy atom. The van der Waals surface area contributed by atoms with Crippen molar-refractivity contribution in [1.82, 2.24) is 4.31 Å². The molecule has 0 aliphatic heterocycles. The molecule has 118 valence electrons. The van der Waals surface area contributed by atoms with Crippen molar-refractivity contribution in [3.05, 3.63) is 60.2 Å². The predicted octanol–water partition coefficient (Wildman–Crippen LogP) is 3.30. The topological polar surface area (TPSA) is 46.6 Å². The lowest BCUT2D eigenvalue weighted by atomic mass is 10.2. The molecule has 0 saturated carbocycles. The van der Waals surface area contributed by atoms with E-state index < -0.39 is 10.0 Å². The Labute approximate surface area is 132 Å². The lowest BCUT2D eigenvalue weighted by molar-refractivity contribution is 0.317. The average Bonchev–Trinajstić information content (AvgIpc) is 2.54. The molecule has 0 aliphatic carbocycles. The Morgan fingerprint density at radius 2 is 1.64 bits per heavy atom. The van der Waals surface area contributed by atoms with E-state index in [1.807, 2.05) is 37.3 Å². The molecule has 0 radical (unpaired) electrons. The number of benzene rings is 2. The first kappa shape index (κ1) is 16.5. The zero-order valence-electron chi connectivity index (χ0n) is 12.9. The number of hydrogen-bond acceptors (Lipinski definition) is 3. The van der Waals surface area contributed by atoms with E-state index in [4.69, 9.17) is 4.74 Å². The summed E-state index contributed by atoms with van der Waals surface area (Å²) in [5.74, 6) is 0.687. The van der Waals surface area contributed by atoms with E-state index in [1.165, 1.54) is 4.31 Å². The minimum Gasteiger partial charge on any atom is -0.494 e. The zero-order chi connectivity index (χ0) is 16.0. The van der Waals surface area contributed by atoms with E-state index in [-0.39, 0.29) is 4.90 Å². The number of ether oxygens (including phenoxy) is 1. The van der Waals surface area contributed by atoms with Gasteiger partial charge in [0.05, 0.1) is 11.5 Å². The summed E-state index contributed by atoms with van der Waals surface area (Å²) < 4.78 is 31.9. The lowest BCUT2D eigenvalue weighted by Gasteiger charge is -2.17. The second-order valence-electron chi connectivity index (χ2n) is 5.07. The molecule has 0 fully saturated rings. The van der Waals surface area contributed by atoms with Gasteiger partial charge in [-0.05, 0) is 36.2 Å². The molecule has 0 aliphatic rings. The van der Waals surface area contributed by atoms with Crippen molar-refractivity contribution < 1.29 is 13.2 Å². The van der Waals surface area contributed by atoms with Gasteiger partial charge in [-0.3, -0.25) is 0 Å². The van der Waals surface area contributed by atoms with Crippen molar-refractivity contribution >= 4 is 10.0 Å². The van der Waals surface area contributed by atoms with Crippen LogP contribution >= 0.6 is 0 Å². The Morgan fingerprint density at radius 1 is 1.00 bits per heavy atom. The van der Waals surface area contributed by atoms with Gasteiger partial charge in [0.1, 0.15) is 5.75 Å². The van der Waals surface area contributed by atoms with E-state index >= 15 is 0 Å². The summed E-state index contributed by atoms with van der Waals surface area (Å²) in [6.45, 7) is 2.99. The molecule has 0 heterocycles. The summed E-state index contributed by atoms with van der Waals surface area (Å²) in [6.07, 6.45) is 0.917. The Kier molecular flexibility index (Phi) is 5.57. The Balaban J connectivity index is 2.12. The van der Waals surface area contributed by atoms with Gasteiger partial charge < -0.3 is 4.74 Å². The van der Waals surface area contributed by atoms with Crippen LogP contribution in [-0.4, -0.2) is 26.4 Å². The summed E-state index contributed by atoms with van der Waals surface area (Å²) in [4.78, 5) is 0.273. The molecule has 0 N–H and O–H groups in total. The molecule has 0 aromatic heterocycles. The summed E-state index contributed by atoms with van der Waals surface area (Å²) in [7, 11) is -1.91. The molecular formula is C17H21NO3S. The smallest absolute Gasteiger partial charge is 0.243 e. The molecule has 2 aromatic carbocycles. The van der Waals surface area contributed by atoms with Crippen LogP contribution in [0.2, 0.25) is 0 Å². The minimum absolute atomic E-state index is 0.273. The largest absolute Gasteiger partial charge is 0.494 e. The zero-order valence-corrected chi connectivity index (χ0v) is 13.7. The van der Waals surface area contributed by atoms with Crippen molar-refractivity contribution in [2.24, 2.45) is 0 Å². The third-order valence-electron chi connectivity index (χ3n) is 3.25. The minimum atomic E-state index is -3.50. The standard InChI is InChI=1S/C17H21NO3S/c1-3-13-21-16-9-11-17(12-10-16)22(19,20)18(2)14-15-7-5-4-6-8-15/h4-12H,3,13-14H2,1-2H3. The molecule has 2 rings (SSSR count). The highest BCUT2D eigenvalue weighted by Gasteiger charge is 2.20. The second kappa shape index (κ2) is 7.42. The molecule has 2 aromatic rings. The van der Waals surface area contributed by atoms with Crippen LogP contribution in [0, 0.1) is 0 Å². The highest BCUT2D eigenvalue weighted by Crippen LogP contribution is 2.20. The molecule has 0 saturated heterocycles. The van der Waals surface area contributed by atoms with Gasteiger partial charge in [-0.1, -0.05) is 37.3 Å². The Bertz CT molecular complexity index is 682. The van der Waals surface area contributed by atoms with Gasteiger partial charge in [0.25, 0.3) is 0 Å². The van der Waals surface area contributed by atoms with Gasteiger partial charge in [0, 0.05) is 13.6 Å². The van der Waals surface area contributed by atoms with E-state index in [2.05, 4.69) is 0 Å². The second-order valence-corrected chi connectivity index (χ2v) is 7.11. The third kappa shape index (κ3) is 4.08. The van der Waals surface area contributed by atoms with Gasteiger partial charge >= 0.3 is 0 Å². The molecule has 0 atom stereocenters. The molecule has 4 nitrogen and oxygen atoms in total. The summed E-state index contributed by atoms with van der Waals surface area (Å²) in [6, 6.07) is 16.1. The first-order valence-electron chi connectivity index (χ1n) is 7.27. The van der Waals surface area contributed by atoms with Crippen molar-refractivity contribution in [2.75, 3.05) is 13.7 Å². The molecule has 5 heteroatoms. The number of rotatable bonds is 7. The third-order valence-corrected chi connectivity index (χ3v) is 5.07. The van der Waals surface area contributed by atoms with Crippen molar-refractivity contribution in [1.29, 1.82) is 0 Å². The highest BCUT2D eigenvalue weighted by molar-refractivity contribution is 7.89. The molecular weight excluding hydrogens is 298 g/mol. The van der Waals surface area contributed by atoms with Gasteiger partial charge in [0.2, 0.25) is 10.0 Å².